The molecule has 0 aromatic heterocycles. The van der Waals surface area contributed by atoms with Crippen molar-refractivity contribution in [1.82, 2.24) is 0 Å². The number of quaternary nitrogens is 1. The number of hydrogen-bond acceptors (Lipinski definition) is 5. The predicted molar refractivity (Wildman–Crippen MR) is 92.2 cm³/mol. The summed E-state index contributed by atoms with van der Waals surface area (Å²) in [7, 11) is 0. The standard InChI is InChI=1S/C19H17NO5/c21-15-3-1-11(7-17(15)23)5-13-9-20-10-14(19(13)25)6-12-2-4-16(22)18(24)8-12/h1-8,20-24H,9-10H2/p+1/b13-5+,14-6+. The minimum absolute atomic E-state index is 0.109. The lowest BCUT2D eigenvalue weighted by molar-refractivity contribution is -0.641. The average Bonchev–Trinajstić information content (AvgIpc) is 2.58. The van der Waals surface area contributed by atoms with Crippen LogP contribution in [0.15, 0.2) is 47.5 Å². The fourth-order valence-electron chi connectivity index (χ4n) is 2.69. The summed E-state index contributed by atoms with van der Waals surface area (Å²) in [5.74, 6) is -1.01. The number of hydrogen-bond donors (Lipinski definition) is 5. The normalized spacial score (nSPS) is 18.0. The number of rotatable bonds is 2. The molecule has 0 radical (unpaired) electrons. The van der Waals surface area contributed by atoms with Gasteiger partial charge in [0.25, 0.3) is 0 Å². The molecule has 25 heavy (non-hydrogen) atoms. The smallest absolute Gasteiger partial charge is 0.196 e. The van der Waals surface area contributed by atoms with E-state index in [0.717, 1.165) is 0 Å². The molecule has 6 N–H and O–H groups in total. The van der Waals surface area contributed by atoms with E-state index in [-0.39, 0.29) is 28.8 Å². The third-order valence-electron chi connectivity index (χ3n) is 3.99. The molecule has 0 saturated carbocycles. The number of piperidine rings is 1. The van der Waals surface area contributed by atoms with E-state index in [1.807, 2.05) is 5.32 Å². The molecule has 1 saturated heterocycles. The molecule has 0 amide bonds. The summed E-state index contributed by atoms with van der Waals surface area (Å²) in [6.07, 6.45) is 3.36. The molecular weight excluding hydrogens is 322 g/mol. The summed E-state index contributed by atoms with van der Waals surface area (Å²) < 4.78 is 0. The number of carbonyl (C=O) groups is 1. The Hall–Kier alpha value is -3.25. The molecule has 6 nitrogen and oxygen atoms in total. The van der Waals surface area contributed by atoms with Crippen molar-refractivity contribution in [2.24, 2.45) is 0 Å². The average molecular weight is 340 g/mol. The number of benzene rings is 2. The van der Waals surface area contributed by atoms with Crippen LogP contribution >= 0.6 is 0 Å². The Bertz CT molecular complexity index is 827. The molecule has 1 heterocycles. The predicted octanol–water partition coefficient (Wildman–Crippen LogP) is 1.12. The molecule has 3 rings (SSSR count). The van der Waals surface area contributed by atoms with Crippen LogP contribution < -0.4 is 5.32 Å². The maximum absolute atomic E-state index is 12.7. The molecule has 0 unspecified atom stereocenters. The van der Waals surface area contributed by atoms with E-state index < -0.39 is 0 Å². The van der Waals surface area contributed by atoms with Crippen LogP contribution in [-0.2, 0) is 4.79 Å². The second-order valence-electron chi connectivity index (χ2n) is 5.86. The Balaban J connectivity index is 1.89. The van der Waals surface area contributed by atoms with E-state index in [1.54, 1.807) is 24.3 Å². The summed E-state index contributed by atoms with van der Waals surface area (Å²) in [5, 5.41) is 39.8. The Morgan fingerprint density at radius 1 is 0.720 bits per heavy atom. The zero-order valence-corrected chi connectivity index (χ0v) is 13.3. The molecule has 2 aromatic rings. The number of carbonyl (C=O) groups excluding carboxylic acids is 1. The highest BCUT2D eigenvalue weighted by Gasteiger charge is 2.23. The number of aromatic hydroxyl groups is 4. The zero-order chi connectivity index (χ0) is 18.0. The van der Waals surface area contributed by atoms with Gasteiger partial charge in [0.15, 0.2) is 28.8 Å². The molecule has 1 aliphatic rings. The van der Waals surface area contributed by atoms with E-state index in [0.29, 0.717) is 35.4 Å². The number of Topliss-reactive ketones (excluding diaryl/α,β-unsaturated/α-hetero) is 1. The Labute approximate surface area is 144 Å². The molecule has 0 bridgehead atoms. The van der Waals surface area contributed by atoms with Crippen molar-refractivity contribution in [3.05, 3.63) is 58.7 Å². The van der Waals surface area contributed by atoms with Gasteiger partial charge in [-0.2, -0.15) is 0 Å². The fourth-order valence-corrected chi connectivity index (χ4v) is 2.69. The van der Waals surface area contributed by atoms with Gasteiger partial charge in [-0.05, 0) is 47.5 Å². The lowest BCUT2D eigenvalue weighted by atomic mass is 9.95. The van der Waals surface area contributed by atoms with Crippen molar-refractivity contribution in [3.8, 4) is 23.0 Å². The monoisotopic (exact) mass is 340 g/mol. The topological polar surface area (TPSA) is 115 Å². The molecule has 1 aliphatic heterocycles. The van der Waals surface area contributed by atoms with Crippen molar-refractivity contribution < 1.29 is 30.5 Å². The number of nitrogens with two attached hydrogens (primary N) is 1. The third kappa shape index (κ3) is 3.64. The minimum atomic E-state index is -0.239. The van der Waals surface area contributed by atoms with E-state index >= 15 is 0 Å². The van der Waals surface area contributed by atoms with Crippen LogP contribution in [0.25, 0.3) is 12.2 Å². The van der Waals surface area contributed by atoms with Crippen molar-refractivity contribution >= 4 is 17.9 Å². The molecule has 0 aliphatic carbocycles. The zero-order valence-electron chi connectivity index (χ0n) is 13.3. The first-order chi connectivity index (χ1) is 11.9. The van der Waals surface area contributed by atoms with E-state index in [2.05, 4.69) is 0 Å². The Kier molecular flexibility index (Phi) is 4.45. The van der Waals surface area contributed by atoms with Gasteiger partial charge in [-0.15, -0.1) is 0 Å². The van der Waals surface area contributed by atoms with E-state index in [4.69, 9.17) is 0 Å². The van der Waals surface area contributed by atoms with Crippen LogP contribution in [-0.4, -0.2) is 39.3 Å². The van der Waals surface area contributed by atoms with Gasteiger partial charge < -0.3 is 25.7 Å². The summed E-state index contributed by atoms with van der Waals surface area (Å²) in [6.45, 7) is 1.03. The first-order valence-corrected chi connectivity index (χ1v) is 7.75. The summed E-state index contributed by atoms with van der Waals surface area (Å²) in [6, 6.07) is 8.76. The van der Waals surface area contributed by atoms with Crippen LogP contribution in [0.1, 0.15) is 11.1 Å². The highest BCUT2D eigenvalue weighted by Crippen LogP contribution is 2.28. The summed E-state index contributed by atoms with van der Waals surface area (Å²) in [5.41, 5.74) is 2.39. The lowest BCUT2D eigenvalue weighted by Gasteiger charge is -2.15. The van der Waals surface area contributed by atoms with Gasteiger partial charge in [-0.25, -0.2) is 0 Å². The minimum Gasteiger partial charge on any atom is -0.504 e. The van der Waals surface area contributed by atoms with E-state index in [1.165, 1.54) is 24.3 Å². The SMILES string of the molecule is O=C1/C(=C/c2ccc(O)c(O)c2)C[NH2+]C/C1=C\c1ccc(O)c(O)c1. The van der Waals surface area contributed by atoms with Gasteiger partial charge in [-0.3, -0.25) is 4.79 Å². The van der Waals surface area contributed by atoms with Crippen LogP contribution in [0.4, 0.5) is 0 Å². The highest BCUT2D eigenvalue weighted by molar-refractivity contribution is 6.14. The number of phenolic OH excluding ortho intramolecular Hbond substituents is 4. The van der Waals surface area contributed by atoms with Crippen molar-refractivity contribution in [3.63, 3.8) is 0 Å². The van der Waals surface area contributed by atoms with Crippen molar-refractivity contribution in [1.29, 1.82) is 0 Å². The van der Waals surface area contributed by atoms with Gasteiger partial charge in [0, 0.05) is 0 Å². The van der Waals surface area contributed by atoms with Gasteiger partial charge in [0.2, 0.25) is 0 Å². The Morgan fingerprint density at radius 3 is 1.56 bits per heavy atom. The number of ketones is 1. The summed E-state index contributed by atoms with van der Waals surface area (Å²) >= 11 is 0. The third-order valence-corrected chi connectivity index (χ3v) is 3.99. The quantitative estimate of drug-likeness (QED) is 0.415. The van der Waals surface area contributed by atoms with Crippen LogP contribution in [0, 0.1) is 0 Å². The molecule has 1 fully saturated rings. The number of phenols is 4. The van der Waals surface area contributed by atoms with Crippen molar-refractivity contribution in [2.45, 2.75) is 0 Å². The molecule has 128 valence electrons. The molecule has 0 atom stereocenters. The highest BCUT2D eigenvalue weighted by atomic mass is 16.3. The Morgan fingerprint density at radius 2 is 1.16 bits per heavy atom. The summed E-state index contributed by atoms with van der Waals surface area (Å²) in [4.78, 5) is 12.7. The second kappa shape index (κ2) is 6.70. The van der Waals surface area contributed by atoms with Crippen LogP contribution in [0.2, 0.25) is 0 Å². The first kappa shape index (κ1) is 16.6. The van der Waals surface area contributed by atoms with Crippen LogP contribution in [0.3, 0.4) is 0 Å². The fraction of sp³-hybridized carbons (Fsp3) is 0.105. The van der Waals surface area contributed by atoms with Gasteiger partial charge in [0.1, 0.15) is 13.1 Å². The second-order valence-corrected chi connectivity index (χ2v) is 5.86. The maximum atomic E-state index is 12.7. The van der Waals surface area contributed by atoms with Crippen molar-refractivity contribution in [2.75, 3.05) is 13.1 Å². The van der Waals surface area contributed by atoms with Gasteiger partial charge >= 0.3 is 0 Å². The molecular formula is C19H18NO5+. The van der Waals surface area contributed by atoms with E-state index in [9.17, 15) is 25.2 Å². The molecule has 0 spiro atoms. The lowest BCUT2D eigenvalue weighted by Crippen LogP contribution is -2.87. The maximum Gasteiger partial charge on any atom is 0.196 e. The van der Waals surface area contributed by atoms with Gasteiger partial charge in [0.05, 0.1) is 11.1 Å². The molecule has 6 heteroatoms. The largest absolute Gasteiger partial charge is 0.504 e. The molecule has 2 aromatic carbocycles. The first-order valence-electron chi connectivity index (χ1n) is 7.75. The van der Waals surface area contributed by atoms with Crippen LogP contribution in [0.5, 0.6) is 23.0 Å². The van der Waals surface area contributed by atoms with Gasteiger partial charge in [-0.1, -0.05) is 12.1 Å².